The van der Waals surface area contributed by atoms with E-state index in [1.54, 1.807) is 4.57 Å². The molecule has 0 atom stereocenters. The Hall–Kier alpha value is -1.69. The van der Waals surface area contributed by atoms with Crippen molar-refractivity contribution in [1.82, 2.24) is 9.55 Å². The van der Waals surface area contributed by atoms with Crippen molar-refractivity contribution in [2.45, 2.75) is 6.54 Å². The van der Waals surface area contributed by atoms with Gasteiger partial charge in [0.2, 0.25) is 6.33 Å². The van der Waals surface area contributed by atoms with E-state index in [0.29, 0.717) is 13.1 Å². The predicted octanol–water partition coefficient (Wildman–Crippen LogP) is 0.306. The summed E-state index contributed by atoms with van der Waals surface area (Å²) < 4.78 is 1.58. The third-order valence-corrected chi connectivity index (χ3v) is 1.50. The van der Waals surface area contributed by atoms with E-state index in [1.165, 1.54) is 12.5 Å². The third-order valence-electron chi connectivity index (χ3n) is 1.50. The van der Waals surface area contributed by atoms with Crippen molar-refractivity contribution in [3.63, 3.8) is 0 Å². The van der Waals surface area contributed by atoms with Gasteiger partial charge >= 0.3 is 5.82 Å². The van der Waals surface area contributed by atoms with Gasteiger partial charge in [0.05, 0.1) is 0 Å². The second kappa shape index (κ2) is 3.81. The number of nitrogens with two attached hydrogens (primary N) is 1. The fraction of sp³-hybridized carbons (Fsp3) is 0.286. The average molecular weight is 182 g/mol. The monoisotopic (exact) mass is 182 g/mol. The van der Waals surface area contributed by atoms with Crippen LogP contribution in [0, 0.1) is 10.1 Å². The van der Waals surface area contributed by atoms with Gasteiger partial charge in [-0.25, -0.2) is 0 Å². The largest absolute Gasteiger partial charge is 0.381 e. The predicted molar refractivity (Wildman–Crippen MR) is 47.1 cm³/mol. The van der Waals surface area contributed by atoms with Crippen molar-refractivity contribution in [3.05, 3.63) is 34.8 Å². The lowest BCUT2D eigenvalue weighted by atomic mass is 10.3. The molecule has 0 bridgehead atoms. The third kappa shape index (κ3) is 2.38. The fourth-order valence-corrected chi connectivity index (χ4v) is 0.852. The van der Waals surface area contributed by atoms with Crippen LogP contribution >= 0.6 is 0 Å². The minimum absolute atomic E-state index is 0.162. The molecule has 0 amide bonds. The molecular formula is C7H10N4O2. The molecule has 0 aliphatic carbocycles. The van der Waals surface area contributed by atoms with Gasteiger partial charge in [-0.15, -0.1) is 0 Å². The van der Waals surface area contributed by atoms with Crippen LogP contribution in [-0.4, -0.2) is 21.0 Å². The molecule has 0 fully saturated rings. The number of imidazole rings is 1. The van der Waals surface area contributed by atoms with E-state index in [4.69, 9.17) is 5.73 Å². The molecule has 0 saturated carbocycles. The Morgan fingerprint density at radius 1 is 1.85 bits per heavy atom. The average Bonchev–Trinajstić information content (AvgIpc) is 2.52. The van der Waals surface area contributed by atoms with Gasteiger partial charge in [0.1, 0.15) is 6.20 Å². The zero-order valence-electron chi connectivity index (χ0n) is 7.01. The molecule has 6 nitrogen and oxygen atoms in total. The molecule has 1 rings (SSSR count). The normalized spacial score (nSPS) is 9.92. The molecule has 1 aromatic heterocycles. The summed E-state index contributed by atoms with van der Waals surface area (Å²) >= 11 is 0. The van der Waals surface area contributed by atoms with Crippen LogP contribution in [-0.2, 0) is 6.54 Å². The SMILES string of the molecule is C=C(CN)Cn1cnc([N+](=O)[O-])c1. The Balaban J connectivity index is 2.69. The first-order valence-electron chi connectivity index (χ1n) is 3.66. The zero-order valence-corrected chi connectivity index (χ0v) is 7.01. The van der Waals surface area contributed by atoms with Gasteiger partial charge in [-0.2, -0.15) is 0 Å². The first-order chi connectivity index (χ1) is 6.13. The van der Waals surface area contributed by atoms with Crippen molar-refractivity contribution in [3.8, 4) is 0 Å². The zero-order chi connectivity index (χ0) is 9.84. The minimum atomic E-state index is -0.540. The van der Waals surface area contributed by atoms with Gasteiger partial charge in [-0.3, -0.25) is 0 Å². The molecule has 0 aromatic carbocycles. The lowest BCUT2D eigenvalue weighted by molar-refractivity contribution is -0.389. The van der Waals surface area contributed by atoms with Crippen LogP contribution < -0.4 is 5.73 Å². The molecule has 1 heterocycles. The van der Waals surface area contributed by atoms with E-state index in [0.717, 1.165) is 5.57 Å². The van der Waals surface area contributed by atoms with Crippen LogP contribution in [0.5, 0.6) is 0 Å². The molecule has 2 N–H and O–H groups in total. The molecule has 1 aromatic rings. The quantitative estimate of drug-likeness (QED) is 0.412. The summed E-state index contributed by atoms with van der Waals surface area (Å²) in [5, 5.41) is 10.3. The van der Waals surface area contributed by atoms with E-state index in [2.05, 4.69) is 11.6 Å². The topological polar surface area (TPSA) is 87.0 Å². The maximum Gasteiger partial charge on any atom is 0.381 e. The fourth-order valence-electron chi connectivity index (χ4n) is 0.852. The second-order valence-electron chi connectivity index (χ2n) is 2.62. The Kier molecular flexibility index (Phi) is 2.76. The van der Waals surface area contributed by atoms with Gasteiger partial charge in [0.25, 0.3) is 0 Å². The van der Waals surface area contributed by atoms with Crippen molar-refractivity contribution in [1.29, 1.82) is 0 Å². The van der Waals surface area contributed by atoms with E-state index in [-0.39, 0.29) is 5.82 Å². The van der Waals surface area contributed by atoms with Crippen LogP contribution in [0.3, 0.4) is 0 Å². The van der Waals surface area contributed by atoms with Crippen molar-refractivity contribution in [2.24, 2.45) is 5.73 Å². The number of nitrogens with zero attached hydrogens (tertiary/aromatic N) is 3. The molecule has 0 unspecified atom stereocenters. The van der Waals surface area contributed by atoms with Crippen LogP contribution in [0.1, 0.15) is 0 Å². The summed E-state index contributed by atoms with van der Waals surface area (Å²) in [6.45, 7) is 4.52. The van der Waals surface area contributed by atoms with E-state index in [1.807, 2.05) is 0 Å². The maximum absolute atomic E-state index is 10.3. The van der Waals surface area contributed by atoms with E-state index >= 15 is 0 Å². The maximum atomic E-state index is 10.3. The Bertz CT molecular complexity index is 331. The summed E-state index contributed by atoms with van der Waals surface area (Å²) in [6, 6.07) is 0. The molecule has 13 heavy (non-hydrogen) atoms. The highest BCUT2D eigenvalue weighted by Crippen LogP contribution is 2.06. The molecule has 0 aliphatic rings. The lowest BCUT2D eigenvalue weighted by Crippen LogP contribution is -2.07. The Morgan fingerprint density at radius 2 is 2.54 bits per heavy atom. The van der Waals surface area contributed by atoms with Crippen molar-refractivity contribution < 1.29 is 4.92 Å². The van der Waals surface area contributed by atoms with Crippen LogP contribution in [0.15, 0.2) is 24.7 Å². The number of rotatable bonds is 4. The van der Waals surface area contributed by atoms with Crippen LogP contribution in [0.2, 0.25) is 0 Å². The van der Waals surface area contributed by atoms with Crippen LogP contribution in [0.25, 0.3) is 0 Å². The van der Waals surface area contributed by atoms with Gasteiger partial charge in [0, 0.05) is 13.1 Å². The second-order valence-corrected chi connectivity index (χ2v) is 2.62. The molecular weight excluding hydrogens is 172 g/mol. The van der Waals surface area contributed by atoms with Crippen molar-refractivity contribution in [2.75, 3.05) is 6.54 Å². The van der Waals surface area contributed by atoms with Gasteiger partial charge in [-0.05, 0) is 15.5 Å². The van der Waals surface area contributed by atoms with Crippen LogP contribution in [0.4, 0.5) is 5.82 Å². The van der Waals surface area contributed by atoms with Gasteiger partial charge in [0.15, 0.2) is 0 Å². The first kappa shape index (κ1) is 9.40. The highest BCUT2D eigenvalue weighted by molar-refractivity contribution is 5.13. The minimum Gasteiger partial charge on any atom is -0.358 e. The molecule has 70 valence electrons. The van der Waals surface area contributed by atoms with Crippen molar-refractivity contribution >= 4 is 5.82 Å². The highest BCUT2D eigenvalue weighted by Gasteiger charge is 2.09. The summed E-state index contributed by atoms with van der Waals surface area (Å²) in [7, 11) is 0. The summed E-state index contributed by atoms with van der Waals surface area (Å²) in [5.41, 5.74) is 6.12. The Labute approximate surface area is 74.8 Å². The lowest BCUT2D eigenvalue weighted by Gasteiger charge is -2.00. The van der Waals surface area contributed by atoms with E-state index < -0.39 is 4.92 Å². The Morgan fingerprint density at radius 3 is 3.00 bits per heavy atom. The number of hydrogen-bond donors (Lipinski definition) is 1. The molecule has 0 saturated heterocycles. The number of hydrogen-bond acceptors (Lipinski definition) is 4. The number of aromatic nitrogens is 2. The number of nitro groups is 1. The van der Waals surface area contributed by atoms with Gasteiger partial charge in [-0.1, -0.05) is 6.58 Å². The molecule has 0 spiro atoms. The van der Waals surface area contributed by atoms with E-state index in [9.17, 15) is 10.1 Å². The summed E-state index contributed by atoms with van der Waals surface area (Å²) in [6.07, 6.45) is 2.74. The summed E-state index contributed by atoms with van der Waals surface area (Å²) in [5.74, 6) is -0.162. The summed E-state index contributed by atoms with van der Waals surface area (Å²) in [4.78, 5) is 13.3. The standard InChI is InChI=1S/C7H10N4O2/c1-6(2-8)3-10-4-7(9-5-10)11(12)13/h4-5H,1-3,8H2. The first-order valence-corrected chi connectivity index (χ1v) is 3.66. The molecule has 0 radical (unpaired) electrons. The van der Waals surface area contributed by atoms with Gasteiger partial charge < -0.3 is 20.4 Å². The smallest absolute Gasteiger partial charge is 0.358 e. The molecule has 0 aliphatic heterocycles. The highest BCUT2D eigenvalue weighted by atomic mass is 16.6. The molecule has 6 heteroatoms.